The fourth-order valence-electron chi connectivity index (χ4n) is 4.98. The van der Waals surface area contributed by atoms with Crippen molar-refractivity contribution < 1.29 is 14.6 Å². The van der Waals surface area contributed by atoms with Crippen molar-refractivity contribution in [3.8, 4) is 17.0 Å². The Balaban J connectivity index is 1.42. The summed E-state index contributed by atoms with van der Waals surface area (Å²) in [5.41, 5.74) is 11.0. The van der Waals surface area contributed by atoms with E-state index < -0.39 is 6.23 Å². The summed E-state index contributed by atoms with van der Waals surface area (Å²) in [4.78, 5) is 9.10. The molecule has 6 bridgehead atoms. The Hall–Kier alpha value is -3.20. The van der Waals surface area contributed by atoms with Gasteiger partial charge in [0.2, 0.25) is 5.95 Å². The van der Waals surface area contributed by atoms with Gasteiger partial charge >= 0.3 is 0 Å². The topological polar surface area (TPSA) is 115 Å². The molecule has 0 spiro atoms. The molecular formula is C29H37N5O3. The first-order valence-corrected chi connectivity index (χ1v) is 13.3. The number of nitrogen functional groups attached to an aromatic ring is 1. The molecule has 1 aromatic heterocycles. The summed E-state index contributed by atoms with van der Waals surface area (Å²) in [5.74, 6) is 2.30. The average molecular weight is 504 g/mol. The van der Waals surface area contributed by atoms with Gasteiger partial charge in [-0.3, -0.25) is 5.32 Å². The highest BCUT2D eigenvalue weighted by Gasteiger charge is 2.17. The van der Waals surface area contributed by atoms with Gasteiger partial charge in [0.15, 0.2) is 0 Å². The fourth-order valence-corrected chi connectivity index (χ4v) is 4.98. The zero-order chi connectivity index (χ0) is 25.6. The Morgan fingerprint density at radius 1 is 1.11 bits per heavy atom. The molecular weight excluding hydrogens is 466 g/mol. The van der Waals surface area contributed by atoms with E-state index in [1.165, 1.54) is 25.7 Å². The number of hydrogen-bond acceptors (Lipinski definition) is 8. The normalized spacial score (nSPS) is 21.0. The molecule has 0 radical (unpaired) electrons. The Kier molecular flexibility index (Phi) is 8.18. The lowest BCUT2D eigenvalue weighted by molar-refractivity contribution is 0.0983. The van der Waals surface area contributed by atoms with Crippen LogP contribution in [-0.2, 0) is 11.3 Å². The van der Waals surface area contributed by atoms with Crippen LogP contribution in [0, 0.1) is 11.8 Å². The predicted molar refractivity (Wildman–Crippen MR) is 145 cm³/mol. The minimum atomic E-state index is -0.800. The summed E-state index contributed by atoms with van der Waals surface area (Å²) < 4.78 is 12.3. The molecule has 2 aromatic carbocycles. The van der Waals surface area contributed by atoms with Crippen LogP contribution in [0.15, 0.2) is 48.7 Å². The van der Waals surface area contributed by atoms with Crippen LogP contribution in [0.4, 0.5) is 17.3 Å². The quantitative estimate of drug-likeness (QED) is 0.362. The molecule has 0 amide bonds. The standard InChI is InChI=1S/C29H37N5O3/c1-19-11-13-36-18-22-14-23(7-9-27(22)37-17-20-4-2-3-5-20)33-29-31-12-10-26(34-29)24-8-6-21(15-25(24)30)28(35)32-16-19/h6-10,12,14-15,19-20,28,32,35H,2-5,11,13,16-18,30H2,1H3,(H,31,33,34). The van der Waals surface area contributed by atoms with Crippen LogP contribution >= 0.6 is 0 Å². The molecule has 8 nitrogen and oxygen atoms in total. The van der Waals surface area contributed by atoms with Gasteiger partial charge in [0.25, 0.3) is 0 Å². The van der Waals surface area contributed by atoms with Crippen molar-refractivity contribution in [1.29, 1.82) is 0 Å². The first kappa shape index (κ1) is 25.4. The van der Waals surface area contributed by atoms with Gasteiger partial charge in [-0.15, -0.1) is 0 Å². The second-order valence-corrected chi connectivity index (χ2v) is 10.3. The lowest BCUT2D eigenvalue weighted by Gasteiger charge is -2.19. The first-order chi connectivity index (χ1) is 18.0. The highest BCUT2D eigenvalue weighted by molar-refractivity contribution is 5.75. The largest absolute Gasteiger partial charge is 0.493 e. The van der Waals surface area contributed by atoms with E-state index in [9.17, 15) is 5.11 Å². The van der Waals surface area contributed by atoms with Crippen LogP contribution in [0.25, 0.3) is 11.3 Å². The lowest BCUT2D eigenvalue weighted by atomic mass is 10.0. The van der Waals surface area contributed by atoms with Gasteiger partial charge in [-0.05, 0) is 67.0 Å². The van der Waals surface area contributed by atoms with Crippen LogP contribution in [-0.4, -0.2) is 34.8 Å². The monoisotopic (exact) mass is 503 g/mol. The van der Waals surface area contributed by atoms with Crippen molar-refractivity contribution in [3.05, 3.63) is 59.8 Å². The fraction of sp³-hybridized carbons (Fsp3) is 0.448. The van der Waals surface area contributed by atoms with Gasteiger partial charge in [-0.2, -0.15) is 0 Å². The van der Waals surface area contributed by atoms with E-state index in [2.05, 4.69) is 33.6 Å². The minimum Gasteiger partial charge on any atom is -0.493 e. The van der Waals surface area contributed by atoms with E-state index in [4.69, 9.17) is 15.2 Å². The number of aliphatic hydroxyl groups is 1. The van der Waals surface area contributed by atoms with E-state index in [1.54, 1.807) is 12.3 Å². The SMILES string of the molecule is CC1CCOCc2cc(ccc2OCC2CCCC2)Nc2nccc(n2)-c2ccc(cc2N)C(O)NC1. The first-order valence-electron chi connectivity index (χ1n) is 13.3. The zero-order valence-corrected chi connectivity index (χ0v) is 21.5. The molecule has 6 rings (SSSR count). The van der Waals surface area contributed by atoms with Gasteiger partial charge < -0.3 is 25.6 Å². The Labute approximate surface area is 218 Å². The van der Waals surface area contributed by atoms with Crippen LogP contribution in [0.2, 0.25) is 0 Å². The third-order valence-electron chi connectivity index (χ3n) is 7.26. The van der Waals surface area contributed by atoms with Crippen molar-refractivity contribution in [2.45, 2.75) is 51.9 Å². The van der Waals surface area contributed by atoms with Gasteiger partial charge in [0, 0.05) is 41.9 Å². The summed E-state index contributed by atoms with van der Waals surface area (Å²) in [7, 11) is 0. The van der Waals surface area contributed by atoms with Gasteiger partial charge in [0.05, 0.1) is 18.9 Å². The summed E-state index contributed by atoms with van der Waals surface area (Å²) in [6.07, 6.45) is 6.86. The molecule has 2 atom stereocenters. The third-order valence-corrected chi connectivity index (χ3v) is 7.26. The second-order valence-electron chi connectivity index (χ2n) is 10.3. The molecule has 1 fully saturated rings. The maximum Gasteiger partial charge on any atom is 0.227 e. The molecule has 3 aliphatic rings. The number of rotatable bonds is 3. The highest BCUT2D eigenvalue weighted by atomic mass is 16.5. The smallest absolute Gasteiger partial charge is 0.227 e. The molecule has 2 aliphatic heterocycles. The Bertz CT molecular complexity index is 1200. The number of aliphatic hydroxyl groups excluding tert-OH is 1. The van der Waals surface area contributed by atoms with Crippen molar-refractivity contribution in [2.75, 3.05) is 30.8 Å². The average Bonchev–Trinajstić information content (AvgIpc) is 3.42. The van der Waals surface area contributed by atoms with E-state index in [1.807, 2.05) is 30.3 Å². The molecule has 2 unspecified atom stereocenters. The number of fused-ring (bicyclic) bond motifs is 9. The number of nitrogens with two attached hydrogens (primary N) is 1. The zero-order valence-electron chi connectivity index (χ0n) is 21.5. The van der Waals surface area contributed by atoms with Gasteiger partial charge in [-0.25, -0.2) is 9.97 Å². The summed E-state index contributed by atoms with van der Waals surface area (Å²) in [6.45, 7) is 4.63. The number of ether oxygens (including phenoxy) is 2. The molecule has 1 saturated carbocycles. The molecule has 5 N–H and O–H groups in total. The Morgan fingerprint density at radius 2 is 1.97 bits per heavy atom. The predicted octanol–water partition coefficient (Wildman–Crippen LogP) is 5.18. The molecule has 1 aliphatic carbocycles. The van der Waals surface area contributed by atoms with E-state index >= 15 is 0 Å². The van der Waals surface area contributed by atoms with E-state index in [0.29, 0.717) is 48.9 Å². The second kappa shape index (κ2) is 11.9. The van der Waals surface area contributed by atoms with Crippen molar-refractivity contribution in [3.63, 3.8) is 0 Å². The van der Waals surface area contributed by atoms with E-state index in [0.717, 1.165) is 41.2 Å². The van der Waals surface area contributed by atoms with Crippen molar-refractivity contribution >= 4 is 17.3 Å². The molecule has 196 valence electrons. The van der Waals surface area contributed by atoms with Crippen LogP contribution in [0.3, 0.4) is 0 Å². The van der Waals surface area contributed by atoms with Gasteiger partial charge in [0.1, 0.15) is 12.0 Å². The van der Waals surface area contributed by atoms with Crippen molar-refractivity contribution in [1.82, 2.24) is 15.3 Å². The molecule has 0 saturated heterocycles. The lowest BCUT2D eigenvalue weighted by Crippen LogP contribution is -2.26. The summed E-state index contributed by atoms with van der Waals surface area (Å²) in [6, 6.07) is 13.4. The number of hydrogen-bond donors (Lipinski definition) is 4. The number of anilines is 3. The van der Waals surface area contributed by atoms with E-state index in [-0.39, 0.29) is 0 Å². The molecule has 3 aromatic rings. The third kappa shape index (κ3) is 6.57. The summed E-state index contributed by atoms with van der Waals surface area (Å²) >= 11 is 0. The van der Waals surface area contributed by atoms with Crippen LogP contribution in [0.1, 0.15) is 56.4 Å². The minimum absolute atomic E-state index is 0.330. The maximum absolute atomic E-state index is 10.6. The maximum atomic E-state index is 10.6. The molecule has 3 heterocycles. The molecule has 37 heavy (non-hydrogen) atoms. The number of nitrogens with zero attached hydrogens (tertiary/aromatic N) is 2. The van der Waals surface area contributed by atoms with Gasteiger partial charge in [-0.1, -0.05) is 31.9 Å². The van der Waals surface area contributed by atoms with Crippen LogP contribution < -0.4 is 21.1 Å². The highest BCUT2D eigenvalue weighted by Crippen LogP contribution is 2.31. The molecule has 8 heteroatoms. The van der Waals surface area contributed by atoms with Crippen LogP contribution in [0.5, 0.6) is 5.75 Å². The summed E-state index contributed by atoms with van der Waals surface area (Å²) in [5, 5.41) is 17.2. The Morgan fingerprint density at radius 3 is 2.81 bits per heavy atom. The number of nitrogens with one attached hydrogen (secondary N) is 2. The number of aromatic nitrogens is 2. The number of benzene rings is 2. The van der Waals surface area contributed by atoms with Crippen molar-refractivity contribution in [2.24, 2.45) is 11.8 Å².